The van der Waals surface area contributed by atoms with Gasteiger partial charge in [-0.1, -0.05) is 30.3 Å². The SMILES string of the molecule is CS(=O)(=O)N1CCN(C(=O)Cc2ccccc2)[C@@H]2CS(=O)(=O)C[C@@H]21. The molecule has 132 valence electrons. The maximum Gasteiger partial charge on any atom is 0.227 e. The van der Waals surface area contributed by atoms with Crippen LogP contribution in [0.1, 0.15) is 5.56 Å². The molecule has 0 bridgehead atoms. The van der Waals surface area contributed by atoms with Crippen LogP contribution >= 0.6 is 0 Å². The summed E-state index contributed by atoms with van der Waals surface area (Å²) < 4.78 is 49.2. The van der Waals surface area contributed by atoms with Gasteiger partial charge >= 0.3 is 0 Å². The van der Waals surface area contributed by atoms with E-state index in [4.69, 9.17) is 0 Å². The Balaban J connectivity index is 1.84. The molecule has 2 atom stereocenters. The molecule has 0 unspecified atom stereocenters. The van der Waals surface area contributed by atoms with E-state index >= 15 is 0 Å². The van der Waals surface area contributed by atoms with Crippen molar-refractivity contribution >= 4 is 25.8 Å². The minimum Gasteiger partial charge on any atom is -0.335 e. The van der Waals surface area contributed by atoms with Crippen LogP contribution in [0.4, 0.5) is 0 Å². The second kappa shape index (κ2) is 6.12. The minimum absolute atomic E-state index is 0.135. The van der Waals surface area contributed by atoms with Crippen molar-refractivity contribution in [2.75, 3.05) is 30.9 Å². The fraction of sp³-hybridized carbons (Fsp3) is 0.533. The number of hydrogen-bond acceptors (Lipinski definition) is 5. The predicted molar refractivity (Wildman–Crippen MR) is 89.6 cm³/mol. The second-order valence-electron chi connectivity index (χ2n) is 6.33. The Kier molecular flexibility index (Phi) is 4.43. The topological polar surface area (TPSA) is 91.8 Å². The first kappa shape index (κ1) is 17.4. The smallest absolute Gasteiger partial charge is 0.227 e. The molecular weight excluding hydrogens is 352 g/mol. The van der Waals surface area contributed by atoms with Gasteiger partial charge in [-0.2, -0.15) is 4.31 Å². The monoisotopic (exact) mass is 372 g/mol. The molecule has 0 spiro atoms. The van der Waals surface area contributed by atoms with E-state index in [0.717, 1.165) is 11.8 Å². The van der Waals surface area contributed by atoms with Crippen LogP contribution in [0.2, 0.25) is 0 Å². The Bertz CT molecular complexity index is 836. The van der Waals surface area contributed by atoms with Gasteiger partial charge in [-0.15, -0.1) is 0 Å². The summed E-state index contributed by atoms with van der Waals surface area (Å²) >= 11 is 0. The van der Waals surface area contributed by atoms with E-state index in [2.05, 4.69) is 0 Å². The van der Waals surface area contributed by atoms with E-state index < -0.39 is 31.9 Å². The number of amides is 1. The number of sulfone groups is 1. The molecule has 2 aliphatic rings. The van der Waals surface area contributed by atoms with E-state index in [1.54, 1.807) is 4.90 Å². The lowest BCUT2D eigenvalue weighted by Crippen LogP contribution is -2.61. The summed E-state index contributed by atoms with van der Waals surface area (Å²) in [5.74, 6) is -0.564. The van der Waals surface area contributed by atoms with Gasteiger partial charge in [0.25, 0.3) is 0 Å². The molecule has 2 fully saturated rings. The van der Waals surface area contributed by atoms with E-state index in [-0.39, 0.29) is 36.9 Å². The molecule has 24 heavy (non-hydrogen) atoms. The number of benzene rings is 1. The van der Waals surface area contributed by atoms with Gasteiger partial charge in [0, 0.05) is 13.1 Å². The zero-order chi connectivity index (χ0) is 17.5. The Morgan fingerprint density at radius 2 is 1.75 bits per heavy atom. The highest BCUT2D eigenvalue weighted by Crippen LogP contribution is 2.29. The first-order valence-corrected chi connectivity index (χ1v) is 11.3. The fourth-order valence-electron chi connectivity index (χ4n) is 3.51. The third kappa shape index (κ3) is 3.47. The third-order valence-corrected chi connectivity index (χ3v) is 7.57. The van der Waals surface area contributed by atoms with Gasteiger partial charge in [-0.05, 0) is 5.56 Å². The summed E-state index contributed by atoms with van der Waals surface area (Å²) in [6.45, 7) is 0.353. The molecule has 2 saturated heterocycles. The van der Waals surface area contributed by atoms with Crippen LogP contribution in [-0.4, -0.2) is 74.9 Å². The van der Waals surface area contributed by atoms with Crippen LogP contribution in [0.15, 0.2) is 30.3 Å². The maximum atomic E-state index is 12.6. The standard InChI is InChI=1S/C15H20N2O5S2/c1-23(19,20)17-8-7-16(13-10-24(21,22)11-14(13)17)15(18)9-12-5-3-2-4-6-12/h2-6,13-14H,7-11H2,1H3/t13-,14+/m1/s1. The third-order valence-electron chi connectivity index (χ3n) is 4.57. The molecule has 9 heteroatoms. The number of carbonyl (C=O) groups excluding carboxylic acids is 1. The highest BCUT2D eigenvalue weighted by atomic mass is 32.2. The number of carbonyl (C=O) groups is 1. The highest BCUT2D eigenvalue weighted by molar-refractivity contribution is 7.92. The highest BCUT2D eigenvalue weighted by Gasteiger charge is 2.50. The lowest BCUT2D eigenvalue weighted by molar-refractivity contribution is -0.135. The number of piperazine rings is 1. The van der Waals surface area contributed by atoms with Crippen LogP contribution < -0.4 is 0 Å². The molecule has 7 nitrogen and oxygen atoms in total. The molecule has 0 aromatic heterocycles. The van der Waals surface area contributed by atoms with Gasteiger partial charge in [0.05, 0.1) is 36.3 Å². The normalized spacial score (nSPS) is 27.0. The fourth-order valence-corrected chi connectivity index (χ4v) is 6.71. The van der Waals surface area contributed by atoms with Crippen LogP contribution in [0.5, 0.6) is 0 Å². The Morgan fingerprint density at radius 1 is 1.12 bits per heavy atom. The van der Waals surface area contributed by atoms with E-state index in [9.17, 15) is 21.6 Å². The summed E-state index contributed by atoms with van der Waals surface area (Å²) in [4.78, 5) is 14.2. The van der Waals surface area contributed by atoms with Crippen molar-refractivity contribution in [1.82, 2.24) is 9.21 Å². The van der Waals surface area contributed by atoms with Crippen molar-refractivity contribution in [3.05, 3.63) is 35.9 Å². The largest absolute Gasteiger partial charge is 0.335 e. The Labute approximate surface area is 142 Å². The minimum atomic E-state index is -3.51. The van der Waals surface area contributed by atoms with Crippen molar-refractivity contribution < 1.29 is 21.6 Å². The summed E-state index contributed by atoms with van der Waals surface area (Å²) in [6, 6.07) is 7.94. The van der Waals surface area contributed by atoms with Gasteiger partial charge < -0.3 is 4.90 Å². The number of sulfonamides is 1. The number of nitrogens with zero attached hydrogens (tertiary/aromatic N) is 2. The average Bonchev–Trinajstić information content (AvgIpc) is 2.80. The summed E-state index contributed by atoms with van der Waals surface area (Å²) in [6.07, 6.45) is 1.26. The Morgan fingerprint density at radius 3 is 2.38 bits per heavy atom. The Hall–Kier alpha value is -1.45. The van der Waals surface area contributed by atoms with E-state index in [1.807, 2.05) is 30.3 Å². The van der Waals surface area contributed by atoms with Crippen molar-refractivity contribution in [2.45, 2.75) is 18.5 Å². The second-order valence-corrected chi connectivity index (χ2v) is 10.4. The van der Waals surface area contributed by atoms with Gasteiger partial charge in [-0.25, -0.2) is 16.8 Å². The van der Waals surface area contributed by atoms with E-state index in [1.165, 1.54) is 4.31 Å². The van der Waals surface area contributed by atoms with Crippen LogP contribution in [-0.2, 0) is 31.1 Å². The number of hydrogen-bond donors (Lipinski definition) is 0. The lowest BCUT2D eigenvalue weighted by Gasteiger charge is -2.42. The molecule has 0 N–H and O–H groups in total. The summed E-state index contributed by atoms with van der Waals surface area (Å²) in [7, 11) is -6.87. The van der Waals surface area contributed by atoms with Crippen LogP contribution in [0, 0.1) is 0 Å². The van der Waals surface area contributed by atoms with Crippen molar-refractivity contribution in [3.63, 3.8) is 0 Å². The van der Waals surface area contributed by atoms with Crippen molar-refractivity contribution in [3.8, 4) is 0 Å². The first-order valence-electron chi connectivity index (χ1n) is 7.68. The molecular formula is C15H20N2O5S2. The quantitative estimate of drug-likeness (QED) is 0.713. The predicted octanol–water partition coefficient (Wildman–Crippen LogP) is -0.501. The van der Waals surface area contributed by atoms with Crippen LogP contribution in [0.25, 0.3) is 0 Å². The van der Waals surface area contributed by atoms with Crippen molar-refractivity contribution in [2.24, 2.45) is 0 Å². The van der Waals surface area contributed by atoms with Gasteiger partial charge in [-0.3, -0.25) is 4.79 Å². The van der Waals surface area contributed by atoms with Gasteiger partial charge in [0.2, 0.25) is 15.9 Å². The average molecular weight is 372 g/mol. The maximum absolute atomic E-state index is 12.6. The van der Waals surface area contributed by atoms with Gasteiger partial charge in [0.15, 0.2) is 9.84 Å². The molecule has 1 aromatic carbocycles. The molecule has 2 aliphatic heterocycles. The van der Waals surface area contributed by atoms with E-state index in [0.29, 0.717) is 0 Å². The molecule has 0 aliphatic carbocycles. The molecule has 2 heterocycles. The molecule has 1 amide bonds. The number of rotatable bonds is 3. The summed E-state index contributed by atoms with van der Waals surface area (Å²) in [5, 5.41) is 0. The molecule has 0 radical (unpaired) electrons. The molecule has 1 aromatic rings. The lowest BCUT2D eigenvalue weighted by atomic mass is 10.1. The summed E-state index contributed by atoms with van der Waals surface area (Å²) in [5.41, 5.74) is 0.852. The molecule has 0 saturated carbocycles. The molecule has 3 rings (SSSR count). The zero-order valence-corrected chi connectivity index (χ0v) is 15.0. The van der Waals surface area contributed by atoms with Crippen molar-refractivity contribution in [1.29, 1.82) is 0 Å². The first-order chi connectivity index (χ1) is 11.2. The zero-order valence-electron chi connectivity index (χ0n) is 13.3. The number of fused-ring (bicyclic) bond motifs is 1. The van der Waals surface area contributed by atoms with Crippen LogP contribution in [0.3, 0.4) is 0 Å². The van der Waals surface area contributed by atoms with Gasteiger partial charge in [0.1, 0.15) is 0 Å².